The van der Waals surface area contributed by atoms with Gasteiger partial charge in [0.2, 0.25) is 0 Å². The standard InChI is InChI=1S/C7H14N2O2/c1-2-3-4-5-6-8-9-7(10)11/h2-6H2,1H3,(H,10,11). The fourth-order valence-electron chi connectivity index (χ4n) is 0.720. The van der Waals surface area contributed by atoms with Gasteiger partial charge < -0.3 is 5.11 Å². The van der Waals surface area contributed by atoms with Gasteiger partial charge in [0.05, 0.1) is 6.54 Å². The Kier molecular flexibility index (Phi) is 6.57. The molecule has 0 saturated heterocycles. The topological polar surface area (TPSA) is 62.0 Å². The maximum atomic E-state index is 9.83. The Morgan fingerprint density at radius 1 is 1.36 bits per heavy atom. The molecule has 0 aromatic heterocycles. The Balaban J connectivity index is 3.07. The lowest BCUT2D eigenvalue weighted by Gasteiger charge is -1.91. The Morgan fingerprint density at radius 2 is 2.09 bits per heavy atom. The highest BCUT2D eigenvalue weighted by atomic mass is 16.4. The Hall–Kier alpha value is -0.930. The van der Waals surface area contributed by atoms with Crippen LogP contribution in [0, 0.1) is 0 Å². The summed E-state index contributed by atoms with van der Waals surface area (Å²) in [5, 5.41) is 14.5. The monoisotopic (exact) mass is 158 g/mol. The molecule has 4 heteroatoms. The summed E-state index contributed by atoms with van der Waals surface area (Å²) in [6.07, 6.45) is 3.19. The van der Waals surface area contributed by atoms with Crippen molar-refractivity contribution < 1.29 is 9.90 Å². The van der Waals surface area contributed by atoms with Crippen LogP contribution in [0.1, 0.15) is 32.6 Å². The first-order valence-corrected chi connectivity index (χ1v) is 3.87. The number of carboxylic acid groups (broad SMARTS) is 1. The third kappa shape index (κ3) is 9.07. The third-order valence-corrected chi connectivity index (χ3v) is 1.27. The number of unbranched alkanes of at least 4 members (excludes halogenated alkanes) is 3. The van der Waals surface area contributed by atoms with E-state index in [0.717, 1.165) is 12.8 Å². The molecule has 0 aliphatic heterocycles. The van der Waals surface area contributed by atoms with Crippen molar-refractivity contribution in [3.63, 3.8) is 0 Å². The van der Waals surface area contributed by atoms with E-state index >= 15 is 0 Å². The molecule has 0 saturated carbocycles. The zero-order valence-corrected chi connectivity index (χ0v) is 6.79. The summed E-state index contributed by atoms with van der Waals surface area (Å²) in [6, 6.07) is 0. The molecule has 4 nitrogen and oxygen atoms in total. The highest BCUT2D eigenvalue weighted by Gasteiger charge is 1.88. The van der Waals surface area contributed by atoms with E-state index in [9.17, 15) is 4.79 Å². The number of hydrogen-bond donors (Lipinski definition) is 1. The molecular weight excluding hydrogens is 144 g/mol. The van der Waals surface area contributed by atoms with Crippen molar-refractivity contribution in [3.05, 3.63) is 0 Å². The van der Waals surface area contributed by atoms with Crippen molar-refractivity contribution in [1.82, 2.24) is 0 Å². The van der Waals surface area contributed by atoms with E-state index in [1.54, 1.807) is 0 Å². The first-order chi connectivity index (χ1) is 5.27. The average molecular weight is 158 g/mol. The second-order valence-electron chi connectivity index (χ2n) is 2.31. The van der Waals surface area contributed by atoms with Crippen LogP contribution in [0.25, 0.3) is 0 Å². The van der Waals surface area contributed by atoms with Crippen LogP contribution < -0.4 is 0 Å². The summed E-state index contributed by atoms with van der Waals surface area (Å²) in [5.41, 5.74) is 0. The van der Waals surface area contributed by atoms with Crippen LogP contribution in [-0.2, 0) is 0 Å². The second kappa shape index (κ2) is 7.18. The molecule has 0 rings (SSSR count). The minimum atomic E-state index is -1.21. The van der Waals surface area contributed by atoms with E-state index in [0.29, 0.717) is 6.54 Å². The fourth-order valence-corrected chi connectivity index (χ4v) is 0.720. The van der Waals surface area contributed by atoms with Crippen molar-refractivity contribution in [2.24, 2.45) is 10.2 Å². The van der Waals surface area contributed by atoms with Crippen LogP contribution in [0.3, 0.4) is 0 Å². The van der Waals surface area contributed by atoms with E-state index in [-0.39, 0.29) is 0 Å². The van der Waals surface area contributed by atoms with Crippen LogP contribution in [0.15, 0.2) is 10.2 Å². The Bertz CT molecular complexity index is 134. The van der Waals surface area contributed by atoms with Crippen LogP contribution in [-0.4, -0.2) is 17.7 Å². The van der Waals surface area contributed by atoms with Crippen molar-refractivity contribution in [3.8, 4) is 0 Å². The van der Waals surface area contributed by atoms with Crippen LogP contribution in [0.2, 0.25) is 0 Å². The third-order valence-electron chi connectivity index (χ3n) is 1.27. The van der Waals surface area contributed by atoms with Crippen LogP contribution in [0.4, 0.5) is 4.79 Å². The molecule has 1 amide bonds. The molecule has 0 spiro atoms. The van der Waals surface area contributed by atoms with Gasteiger partial charge in [-0.1, -0.05) is 31.3 Å². The number of nitrogens with zero attached hydrogens (tertiary/aromatic N) is 2. The Morgan fingerprint density at radius 3 is 2.64 bits per heavy atom. The molecular formula is C7H14N2O2. The maximum absolute atomic E-state index is 9.83. The van der Waals surface area contributed by atoms with Crippen LogP contribution in [0.5, 0.6) is 0 Å². The summed E-state index contributed by atoms with van der Waals surface area (Å²) in [6.45, 7) is 2.66. The summed E-state index contributed by atoms with van der Waals surface area (Å²) in [4.78, 5) is 9.83. The number of azo groups is 1. The van der Waals surface area contributed by atoms with Gasteiger partial charge in [-0.15, -0.1) is 0 Å². The predicted molar refractivity (Wildman–Crippen MR) is 41.9 cm³/mol. The molecule has 64 valence electrons. The molecule has 1 N–H and O–H groups in total. The van der Waals surface area contributed by atoms with E-state index in [1.807, 2.05) is 0 Å². The molecule has 0 aliphatic rings. The largest absolute Gasteiger partial charge is 0.462 e. The first-order valence-electron chi connectivity index (χ1n) is 3.87. The first kappa shape index (κ1) is 10.1. The maximum Gasteiger partial charge on any atom is 0.449 e. The minimum Gasteiger partial charge on any atom is -0.462 e. The molecule has 0 bridgehead atoms. The summed E-state index contributed by atoms with van der Waals surface area (Å²) in [7, 11) is 0. The van der Waals surface area contributed by atoms with E-state index < -0.39 is 6.09 Å². The lowest BCUT2D eigenvalue weighted by Crippen LogP contribution is -1.85. The molecule has 0 aromatic rings. The summed E-state index contributed by atoms with van der Waals surface area (Å²) < 4.78 is 0. The van der Waals surface area contributed by atoms with Gasteiger partial charge in [-0.05, 0) is 6.42 Å². The highest BCUT2D eigenvalue weighted by Crippen LogP contribution is 1.98. The second-order valence-corrected chi connectivity index (χ2v) is 2.31. The van der Waals surface area contributed by atoms with Crippen molar-refractivity contribution in [1.29, 1.82) is 0 Å². The quantitative estimate of drug-likeness (QED) is 0.494. The van der Waals surface area contributed by atoms with Gasteiger partial charge in [-0.2, -0.15) is 5.11 Å². The van der Waals surface area contributed by atoms with E-state index in [1.165, 1.54) is 12.8 Å². The highest BCUT2D eigenvalue weighted by molar-refractivity contribution is 5.64. The van der Waals surface area contributed by atoms with Crippen molar-refractivity contribution in [2.45, 2.75) is 32.6 Å². The van der Waals surface area contributed by atoms with Crippen molar-refractivity contribution in [2.75, 3.05) is 6.54 Å². The van der Waals surface area contributed by atoms with Gasteiger partial charge in [0, 0.05) is 0 Å². The zero-order valence-electron chi connectivity index (χ0n) is 6.79. The van der Waals surface area contributed by atoms with Gasteiger partial charge >= 0.3 is 6.09 Å². The molecule has 0 atom stereocenters. The number of rotatable bonds is 5. The van der Waals surface area contributed by atoms with Gasteiger partial charge in [-0.3, -0.25) is 0 Å². The molecule has 0 unspecified atom stereocenters. The lowest BCUT2D eigenvalue weighted by atomic mass is 10.2. The number of amides is 1. The average Bonchev–Trinajstić information content (AvgIpc) is 1.96. The SMILES string of the molecule is CCCCCCN=NC(=O)O. The van der Waals surface area contributed by atoms with Gasteiger partial charge in [0.1, 0.15) is 0 Å². The zero-order chi connectivity index (χ0) is 8.53. The summed E-state index contributed by atoms with van der Waals surface area (Å²) >= 11 is 0. The van der Waals surface area contributed by atoms with E-state index in [4.69, 9.17) is 5.11 Å². The van der Waals surface area contributed by atoms with Gasteiger partial charge in [0.25, 0.3) is 0 Å². The Labute approximate surface area is 66.3 Å². The smallest absolute Gasteiger partial charge is 0.449 e. The molecule has 0 radical (unpaired) electrons. The molecule has 0 aliphatic carbocycles. The molecule has 0 aromatic carbocycles. The molecule has 0 fully saturated rings. The van der Waals surface area contributed by atoms with Gasteiger partial charge in [-0.25, -0.2) is 4.79 Å². The normalized spacial score (nSPS) is 10.6. The number of hydrogen-bond acceptors (Lipinski definition) is 2. The molecule has 11 heavy (non-hydrogen) atoms. The summed E-state index contributed by atoms with van der Waals surface area (Å²) in [5.74, 6) is 0. The minimum absolute atomic E-state index is 0.534. The van der Waals surface area contributed by atoms with E-state index in [2.05, 4.69) is 17.2 Å². The van der Waals surface area contributed by atoms with Crippen molar-refractivity contribution >= 4 is 6.09 Å². The fraction of sp³-hybridized carbons (Fsp3) is 0.857. The van der Waals surface area contributed by atoms with Crippen LogP contribution >= 0.6 is 0 Å². The van der Waals surface area contributed by atoms with Gasteiger partial charge in [0.15, 0.2) is 0 Å². The number of carbonyl (C=O) groups is 1. The predicted octanol–water partition coefficient (Wildman–Crippen LogP) is 2.70. The molecule has 0 heterocycles. The lowest BCUT2D eigenvalue weighted by molar-refractivity contribution is 0.203.